The molecule has 3 heterocycles. The highest BCUT2D eigenvalue weighted by molar-refractivity contribution is 7.20. The smallest absolute Gasteiger partial charge is 0.346 e. The van der Waals surface area contributed by atoms with E-state index in [9.17, 15) is 9.90 Å². The van der Waals surface area contributed by atoms with Gasteiger partial charge in [-0.1, -0.05) is 19.0 Å². The SMILES string of the molecule is Cc1c(C(=O)O)sc2ncnc(N[C@H](C)c3nc(CC(C)C)no3)c12. The number of aromatic carboxylic acids is 1. The maximum absolute atomic E-state index is 11.3. The highest BCUT2D eigenvalue weighted by atomic mass is 32.1. The summed E-state index contributed by atoms with van der Waals surface area (Å²) in [7, 11) is 0. The molecule has 0 spiro atoms. The Morgan fingerprint density at radius 1 is 1.36 bits per heavy atom. The van der Waals surface area contributed by atoms with Crippen LogP contribution in [0.25, 0.3) is 10.2 Å². The van der Waals surface area contributed by atoms with Crippen molar-refractivity contribution in [3.63, 3.8) is 0 Å². The molecular weight excluding hydrogens is 342 g/mol. The maximum atomic E-state index is 11.3. The van der Waals surface area contributed by atoms with Crippen molar-refractivity contribution in [1.29, 1.82) is 0 Å². The van der Waals surface area contributed by atoms with Gasteiger partial charge in [-0.25, -0.2) is 14.8 Å². The lowest BCUT2D eigenvalue weighted by Crippen LogP contribution is -2.09. The quantitative estimate of drug-likeness (QED) is 0.686. The van der Waals surface area contributed by atoms with Crippen molar-refractivity contribution in [3.05, 3.63) is 28.5 Å². The fourth-order valence-electron chi connectivity index (χ4n) is 2.54. The van der Waals surface area contributed by atoms with Gasteiger partial charge in [-0.3, -0.25) is 0 Å². The number of carbonyl (C=O) groups is 1. The molecule has 0 aromatic carbocycles. The molecular formula is C16H19N5O3S. The van der Waals surface area contributed by atoms with Crippen LogP contribution >= 0.6 is 11.3 Å². The van der Waals surface area contributed by atoms with Crippen LogP contribution in [0, 0.1) is 12.8 Å². The highest BCUT2D eigenvalue weighted by Crippen LogP contribution is 2.34. The average molecular weight is 361 g/mol. The number of anilines is 1. The third-order valence-electron chi connectivity index (χ3n) is 3.72. The first kappa shape index (κ1) is 17.3. The molecule has 0 radical (unpaired) electrons. The van der Waals surface area contributed by atoms with Gasteiger partial charge in [-0.15, -0.1) is 11.3 Å². The Labute approximate surface area is 148 Å². The number of hydrogen-bond donors (Lipinski definition) is 2. The van der Waals surface area contributed by atoms with Gasteiger partial charge in [0.05, 0.1) is 5.39 Å². The number of aromatic nitrogens is 4. The van der Waals surface area contributed by atoms with Gasteiger partial charge >= 0.3 is 5.97 Å². The monoisotopic (exact) mass is 361 g/mol. The van der Waals surface area contributed by atoms with E-state index in [0.29, 0.717) is 39.2 Å². The lowest BCUT2D eigenvalue weighted by atomic mass is 10.1. The molecule has 0 unspecified atom stereocenters. The Balaban J connectivity index is 1.89. The van der Waals surface area contributed by atoms with Crippen molar-refractivity contribution < 1.29 is 14.4 Å². The van der Waals surface area contributed by atoms with E-state index in [1.165, 1.54) is 6.33 Å². The first-order valence-corrected chi connectivity index (χ1v) is 8.74. The lowest BCUT2D eigenvalue weighted by molar-refractivity contribution is 0.0701. The molecule has 0 saturated heterocycles. The van der Waals surface area contributed by atoms with E-state index in [0.717, 1.165) is 17.8 Å². The Bertz CT molecular complexity index is 918. The summed E-state index contributed by atoms with van der Waals surface area (Å²) in [5, 5.41) is 17.2. The molecule has 0 bridgehead atoms. The van der Waals surface area contributed by atoms with E-state index in [4.69, 9.17) is 4.52 Å². The predicted octanol–water partition coefficient (Wildman–Crippen LogP) is 3.45. The maximum Gasteiger partial charge on any atom is 0.346 e. The fraction of sp³-hybridized carbons (Fsp3) is 0.438. The van der Waals surface area contributed by atoms with Crippen LogP contribution in [-0.2, 0) is 6.42 Å². The Kier molecular flexibility index (Phi) is 4.67. The van der Waals surface area contributed by atoms with Gasteiger partial charge in [0.15, 0.2) is 5.82 Å². The number of rotatable bonds is 6. The van der Waals surface area contributed by atoms with Crippen molar-refractivity contribution in [2.75, 3.05) is 5.32 Å². The Hall–Kier alpha value is -2.55. The van der Waals surface area contributed by atoms with Crippen LogP contribution in [0.4, 0.5) is 5.82 Å². The van der Waals surface area contributed by atoms with Crippen molar-refractivity contribution in [2.45, 2.75) is 40.2 Å². The van der Waals surface area contributed by atoms with Crippen molar-refractivity contribution in [2.24, 2.45) is 5.92 Å². The molecule has 0 saturated carbocycles. The van der Waals surface area contributed by atoms with Gasteiger partial charge in [-0.05, 0) is 25.3 Å². The standard InChI is InChI=1S/C16H19N5O3S/c1-7(2)5-10-20-14(24-21-10)9(4)19-13-11-8(3)12(16(22)23)25-15(11)18-6-17-13/h6-7,9H,5H2,1-4H3,(H,22,23)(H,17,18,19)/t9-/m1/s1. The number of aryl methyl sites for hydroxylation is 1. The summed E-state index contributed by atoms with van der Waals surface area (Å²) >= 11 is 1.14. The summed E-state index contributed by atoms with van der Waals surface area (Å²) < 4.78 is 5.33. The van der Waals surface area contributed by atoms with E-state index in [-0.39, 0.29) is 10.9 Å². The van der Waals surface area contributed by atoms with Crippen molar-refractivity contribution in [1.82, 2.24) is 20.1 Å². The average Bonchev–Trinajstić information content (AvgIpc) is 3.12. The molecule has 2 N–H and O–H groups in total. The zero-order chi connectivity index (χ0) is 18.1. The van der Waals surface area contributed by atoms with Crippen LogP contribution in [0.3, 0.4) is 0 Å². The number of nitrogens with one attached hydrogen (secondary N) is 1. The second kappa shape index (κ2) is 6.75. The van der Waals surface area contributed by atoms with Gasteiger partial charge in [0.25, 0.3) is 0 Å². The number of nitrogens with zero attached hydrogens (tertiary/aromatic N) is 4. The number of fused-ring (bicyclic) bond motifs is 1. The molecule has 132 valence electrons. The predicted molar refractivity (Wildman–Crippen MR) is 94.0 cm³/mol. The number of thiophene rings is 1. The number of hydrogen-bond acceptors (Lipinski definition) is 8. The van der Waals surface area contributed by atoms with E-state index in [1.807, 2.05) is 6.92 Å². The molecule has 9 heteroatoms. The summed E-state index contributed by atoms with van der Waals surface area (Å²) in [6.07, 6.45) is 2.16. The van der Waals surface area contributed by atoms with E-state index in [2.05, 4.69) is 39.3 Å². The summed E-state index contributed by atoms with van der Waals surface area (Å²) in [5.41, 5.74) is 0.647. The van der Waals surface area contributed by atoms with Crippen molar-refractivity contribution in [3.8, 4) is 0 Å². The molecule has 1 atom stereocenters. The summed E-state index contributed by atoms with van der Waals surface area (Å²) in [6.45, 7) is 7.83. The molecule has 25 heavy (non-hydrogen) atoms. The number of carboxylic acid groups (broad SMARTS) is 1. The van der Waals surface area contributed by atoms with Crippen LogP contribution in [0.1, 0.15) is 53.8 Å². The molecule has 8 nitrogen and oxygen atoms in total. The third-order valence-corrected chi connectivity index (χ3v) is 4.91. The molecule has 0 fully saturated rings. The summed E-state index contributed by atoms with van der Waals surface area (Å²) in [4.78, 5) is 25.1. The molecule has 0 aliphatic heterocycles. The van der Waals surface area contributed by atoms with Gasteiger partial charge in [0.1, 0.15) is 27.9 Å². The van der Waals surface area contributed by atoms with Gasteiger partial charge in [0, 0.05) is 6.42 Å². The Morgan fingerprint density at radius 2 is 2.12 bits per heavy atom. The molecule has 0 aliphatic carbocycles. The Morgan fingerprint density at radius 3 is 2.80 bits per heavy atom. The summed E-state index contributed by atoms with van der Waals surface area (Å²) in [6, 6.07) is -0.265. The molecule has 3 rings (SSSR count). The topological polar surface area (TPSA) is 114 Å². The van der Waals surface area contributed by atoms with E-state index >= 15 is 0 Å². The van der Waals surface area contributed by atoms with Crippen LogP contribution < -0.4 is 5.32 Å². The number of carboxylic acids is 1. The molecule has 3 aromatic rings. The largest absolute Gasteiger partial charge is 0.477 e. The van der Waals surface area contributed by atoms with Crippen LogP contribution in [-0.4, -0.2) is 31.2 Å². The highest BCUT2D eigenvalue weighted by Gasteiger charge is 2.21. The molecule has 3 aromatic heterocycles. The molecule has 0 amide bonds. The van der Waals surface area contributed by atoms with E-state index < -0.39 is 5.97 Å². The zero-order valence-corrected chi connectivity index (χ0v) is 15.2. The fourth-order valence-corrected chi connectivity index (χ4v) is 3.53. The summed E-state index contributed by atoms with van der Waals surface area (Å²) in [5.74, 6) is 1.18. The zero-order valence-electron chi connectivity index (χ0n) is 14.4. The van der Waals surface area contributed by atoms with Gasteiger partial charge < -0.3 is 14.9 Å². The van der Waals surface area contributed by atoms with Crippen molar-refractivity contribution >= 4 is 33.3 Å². The second-order valence-electron chi connectivity index (χ2n) is 6.28. The van der Waals surface area contributed by atoms with Crippen LogP contribution in [0.15, 0.2) is 10.9 Å². The lowest BCUT2D eigenvalue weighted by Gasteiger charge is -2.11. The van der Waals surface area contributed by atoms with Crippen LogP contribution in [0.2, 0.25) is 0 Å². The second-order valence-corrected chi connectivity index (χ2v) is 7.28. The van der Waals surface area contributed by atoms with E-state index in [1.54, 1.807) is 6.92 Å². The van der Waals surface area contributed by atoms with Crippen LogP contribution in [0.5, 0.6) is 0 Å². The van der Waals surface area contributed by atoms with Gasteiger partial charge in [0.2, 0.25) is 5.89 Å². The minimum atomic E-state index is -0.963. The minimum absolute atomic E-state index is 0.265. The first-order valence-electron chi connectivity index (χ1n) is 7.93. The van der Waals surface area contributed by atoms with Gasteiger partial charge in [-0.2, -0.15) is 4.98 Å². The normalized spacial score (nSPS) is 12.7. The first-order chi connectivity index (χ1) is 11.9. The minimum Gasteiger partial charge on any atom is -0.477 e. The third kappa shape index (κ3) is 3.46. The molecule has 0 aliphatic rings.